The molecule has 0 aliphatic heterocycles. The second-order valence-corrected chi connectivity index (χ2v) is 5.73. The highest BCUT2D eigenvalue weighted by Gasteiger charge is 2.40. The van der Waals surface area contributed by atoms with Gasteiger partial charge in [-0.05, 0) is 51.0 Å². The van der Waals surface area contributed by atoms with Gasteiger partial charge < -0.3 is 11.1 Å². The molecule has 2 aliphatic carbocycles. The van der Waals surface area contributed by atoms with Crippen molar-refractivity contribution in [3.63, 3.8) is 0 Å². The number of primary amides is 1. The molecule has 1 amide bonds. The molecule has 0 bridgehead atoms. The molecule has 0 radical (unpaired) electrons. The third kappa shape index (κ3) is 2.57. The van der Waals surface area contributed by atoms with Gasteiger partial charge in [-0.15, -0.1) is 0 Å². The second kappa shape index (κ2) is 4.74. The van der Waals surface area contributed by atoms with Crippen molar-refractivity contribution < 1.29 is 4.79 Å². The molecule has 92 valence electrons. The molecule has 3 nitrogen and oxygen atoms in total. The average molecular weight is 224 g/mol. The maximum absolute atomic E-state index is 11.7. The maximum atomic E-state index is 11.7. The van der Waals surface area contributed by atoms with Crippen molar-refractivity contribution in [1.29, 1.82) is 0 Å². The molecule has 0 saturated heterocycles. The fourth-order valence-corrected chi connectivity index (χ4v) is 2.79. The highest BCUT2D eigenvalue weighted by atomic mass is 16.1. The van der Waals surface area contributed by atoms with Crippen molar-refractivity contribution in [3.8, 4) is 0 Å². The van der Waals surface area contributed by atoms with E-state index < -0.39 is 5.54 Å². The van der Waals surface area contributed by atoms with Gasteiger partial charge in [-0.25, -0.2) is 0 Å². The first kappa shape index (κ1) is 11.9. The molecule has 3 heteroatoms. The Balaban J connectivity index is 1.96. The Kier molecular flexibility index (Phi) is 3.53. The van der Waals surface area contributed by atoms with E-state index in [4.69, 9.17) is 5.73 Å². The largest absolute Gasteiger partial charge is 0.368 e. The zero-order valence-electron chi connectivity index (χ0n) is 10.3. The standard InChI is InChI=1S/C13H24N2O/c1-13(12(14)16,15-9-10-7-8-10)11-5-3-2-4-6-11/h10-11,15H,2-9H2,1H3,(H2,14,16). The first-order chi connectivity index (χ1) is 7.63. The first-order valence-corrected chi connectivity index (χ1v) is 6.68. The summed E-state index contributed by atoms with van der Waals surface area (Å²) >= 11 is 0. The van der Waals surface area contributed by atoms with Crippen LogP contribution in [0.15, 0.2) is 0 Å². The number of hydrogen-bond donors (Lipinski definition) is 2. The Hall–Kier alpha value is -0.570. The highest BCUT2D eigenvalue weighted by Crippen LogP contribution is 2.34. The lowest BCUT2D eigenvalue weighted by molar-refractivity contribution is -0.126. The lowest BCUT2D eigenvalue weighted by Crippen LogP contribution is -2.59. The summed E-state index contributed by atoms with van der Waals surface area (Å²) in [6, 6.07) is 0. The zero-order chi connectivity index (χ0) is 11.6. The topological polar surface area (TPSA) is 55.1 Å². The molecule has 1 unspecified atom stereocenters. The van der Waals surface area contributed by atoms with Gasteiger partial charge >= 0.3 is 0 Å². The Morgan fingerprint density at radius 2 is 1.88 bits per heavy atom. The van der Waals surface area contributed by atoms with Gasteiger partial charge in [0.2, 0.25) is 5.91 Å². The Labute approximate surface area is 98.2 Å². The van der Waals surface area contributed by atoms with Crippen LogP contribution in [0.3, 0.4) is 0 Å². The summed E-state index contributed by atoms with van der Waals surface area (Å²) in [5.74, 6) is 1.07. The van der Waals surface area contributed by atoms with E-state index in [9.17, 15) is 4.79 Å². The van der Waals surface area contributed by atoms with E-state index >= 15 is 0 Å². The smallest absolute Gasteiger partial charge is 0.237 e. The van der Waals surface area contributed by atoms with Crippen LogP contribution >= 0.6 is 0 Å². The van der Waals surface area contributed by atoms with Gasteiger partial charge in [0, 0.05) is 0 Å². The van der Waals surface area contributed by atoms with Gasteiger partial charge in [0.15, 0.2) is 0 Å². The van der Waals surface area contributed by atoms with E-state index in [1.54, 1.807) is 0 Å². The normalized spacial score (nSPS) is 26.3. The number of nitrogens with two attached hydrogens (primary N) is 1. The van der Waals surface area contributed by atoms with E-state index in [0.29, 0.717) is 5.92 Å². The van der Waals surface area contributed by atoms with E-state index in [0.717, 1.165) is 25.3 Å². The molecule has 0 aromatic rings. The van der Waals surface area contributed by atoms with Crippen molar-refractivity contribution in [3.05, 3.63) is 0 Å². The van der Waals surface area contributed by atoms with Crippen LogP contribution < -0.4 is 11.1 Å². The molecule has 2 fully saturated rings. The van der Waals surface area contributed by atoms with Crippen LogP contribution in [0, 0.1) is 11.8 Å². The van der Waals surface area contributed by atoms with Crippen molar-refractivity contribution in [2.45, 2.75) is 57.4 Å². The predicted octanol–water partition coefficient (Wildman–Crippen LogP) is 1.81. The Morgan fingerprint density at radius 1 is 1.25 bits per heavy atom. The van der Waals surface area contributed by atoms with Gasteiger partial charge in [0.25, 0.3) is 0 Å². The molecule has 1 atom stereocenters. The fourth-order valence-electron chi connectivity index (χ4n) is 2.79. The molecule has 2 saturated carbocycles. The number of rotatable bonds is 5. The molecule has 0 spiro atoms. The summed E-state index contributed by atoms with van der Waals surface area (Å²) in [5.41, 5.74) is 5.14. The molecule has 2 rings (SSSR count). The van der Waals surface area contributed by atoms with E-state index in [1.165, 1.54) is 32.1 Å². The summed E-state index contributed by atoms with van der Waals surface area (Å²) < 4.78 is 0. The monoisotopic (exact) mass is 224 g/mol. The first-order valence-electron chi connectivity index (χ1n) is 6.68. The Morgan fingerprint density at radius 3 is 2.38 bits per heavy atom. The maximum Gasteiger partial charge on any atom is 0.237 e. The van der Waals surface area contributed by atoms with Gasteiger partial charge in [-0.3, -0.25) is 4.79 Å². The van der Waals surface area contributed by atoms with Crippen molar-refractivity contribution >= 4 is 5.91 Å². The summed E-state index contributed by atoms with van der Waals surface area (Å²) in [6.07, 6.45) is 8.73. The molecule has 0 heterocycles. The minimum atomic E-state index is -0.469. The Bertz CT molecular complexity index is 257. The molecule has 0 aromatic heterocycles. The van der Waals surface area contributed by atoms with Crippen molar-refractivity contribution in [2.24, 2.45) is 17.6 Å². The number of amides is 1. The van der Waals surface area contributed by atoms with Gasteiger partial charge in [-0.2, -0.15) is 0 Å². The number of hydrogen-bond acceptors (Lipinski definition) is 2. The van der Waals surface area contributed by atoms with E-state index in [1.807, 2.05) is 6.92 Å². The van der Waals surface area contributed by atoms with Crippen molar-refractivity contribution in [2.75, 3.05) is 6.54 Å². The molecular formula is C13H24N2O. The number of nitrogens with one attached hydrogen (secondary N) is 1. The minimum Gasteiger partial charge on any atom is -0.368 e. The van der Waals surface area contributed by atoms with Gasteiger partial charge in [0.05, 0.1) is 5.54 Å². The summed E-state index contributed by atoms with van der Waals surface area (Å²) in [5, 5.41) is 3.45. The minimum absolute atomic E-state index is 0.167. The predicted molar refractivity (Wildman–Crippen MR) is 64.9 cm³/mol. The van der Waals surface area contributed by atoms with Crippen LogP contribution in [-0.2, 0) is 4.79 Å². The fraction of sp³-hybridized carbons (Fsp3) is 0.923. The average Bonchev–Trinajstić information content (AvgIpc) is 3.10. The molecular weight excluding hydrogens is 200 g/mol. The summed E-state index contributed by atoms with van der Waals surface area (Å²) in [7, 11) is 0. The lowest BCUT2D eigenvalue weighted by Gasteiger charge is -2.38. The second-order valence-electron chi connectivity index (χ2n) is 5.73. The molecule has 16 heavy (non-hydrogen) atoms. The van der Waals surface area contributed by atoms with Gasteiger partial charge in [-0.1, -0.05) is 19.3 Å². The highest BCUT2D eigenvalue weighted by molar-refractivity contribution is 5.84. The number of carbonyl (C=O) groups excluding carboxylic acids is 1. The number of carbonyl (C=O) groups is 1. The molecule has 3 N–H and O–H groups in total. The van der Waals surface area contributed by atoms with Crippen LogP contribution in [0.25, 0.3) is 0 Å². The van der Waals surface area contributed by atoms with Crippen LogP contribution in [0.2, 0.25) is 0 Å². The van der Waals surface area contributed by atoms with Gasteiger partial charge in [0.1, 0.15) is 0 Å². The quantitative estimate of drug-likeness (QED) is 0.748. The van der Waals surface area contributed by atoms with E-state index in [2.05, 4.69) is 5.32 Å². The van der Waals surface area contributed by atoms with Crippen LogP contribution in [0.1, 0.15) is 51.9 Å². The SMILES string of the molecule is CC(NCC1CC1)(C(N)=O)C1CCCCC1. The third-order valence-electron chi connectivity index (χ3n) is 4.39. The summed E-state index contributed by atoms with van der Waals surface area (Å²) in [4.78, 5) is 11.7. The molecule has 0 aromatic carbocycles. The lowest BCUT2D eigenvalue weighted by atomic mass is 9.75. The summed E-state index contributed by atoms with van der Waals surface area (Å²) in [6.45, 7) is 2.98. The van der Waals surface area contributed by atoms with Crippen LogP contribution in [0.4, 0.5) is 0 Å². The zero-order valence-corrected chi connectivity index (χ0v) is 10.3. The third-order valence-corrected chi connectivity index (χ3v) is 4.39. The molecule has 2 aliphatic rings. The van der Waals surface area contributed by atoms with Crippen LogP contribution in [-0.4, -0.2) is 18.0 Å². The van der Waals surface area contributed by atoms with E-state index in [-0.39, 0.29) is 5.91 Å². The van der Waals surface area contributed by atoms with Crippen molar-refractivity contribution in [1.82, 2.24) is 5.32 Å². The van der Waals surface area contributed by atoms with Crippen LogP contribution in [0.5, 0.6) is 0 Å².